The molecule has 3 aliphatic rings. The molecule has 7 heteroatoms. The normalized spacial score (nSPS) is 31.8. The molecule has 0 aromatic carbocycles. The largest absolute Gasteiger partial charge is 0.420 e. The molecule has 0 aliphatic carbocycles. The molecule has 3 aliphatic heterocycles. The van der Waals surface area contributed by atoms with E-state index in [-0.39, 0.29) is 12.0 Å². The van der Waals surface area contributed by atoms with Crippen molar-refractivity contribution in [2.24, 2.45) is 5.73 Å². The highest BCUT2D eigenvalue weighted by Gasteiger charge is 2.58. The summed E-state index contributed by atoms with van der Waals surface area (Å²) < 4.78 is 17.5. The van der Waals surface area contributed by atoms with Gasteiger partial charge in [0, 0.05) is 5.69 Å². The molecule has 2 saturated heterocycles. The van der Waals surface area contributed by atoms with E-state index in [1.807, 2.05) is 0 Å². The van der Waals surface area contributed by atoms with Crippen molar-refractivity contribution < 1.29 is 14.2 Å². The van der Waals surface area contributed by atoms with Gasteiger partial charge in [0.05, 0.1) is 23.7 Å². The second kappa shape index (κ2) is 5.25. The number of unbranched alkanes of at least 4 members (excludes halogenated alkanes) is 1. The van der Waals surface area contributed by atoms with Crippen LogP contribution >= 0.6 is 0 Å². The number of nitrogens with two attached hydrogens (primary N) is 1. The molecule has 4 rings (SSSR count). The van der Waals surface area contributed by atoms with Gasteiger partial charge in [0.2, 0.25) is 11.8 Å². The quantitative estimate of drug-likeness (QED) is 0.877. The van der Waals surface area contributed by atoms with E-state index in [1.165, 1.54) is 0 Å². The molecule has 0 radical (unpaired) electrons. The van der Waals surface area contributed by atoms with E-state index in [0.29, 0.717) is 18.1 Å². The third-order valence-corrected chi connectivity index (χ3v) is 5.06. The fourth-order valence-electron chi connectivity index (χ4n) is 3.93. The molecule has 4 heterocycles. The third-order valence-electron chi connectivity index (χ3n) is 5.06. The Bertz CT molecular complexity index is 705. The molecule has 3 N–H and O–H groups in total. The molecule has 23 heavy (non-hydrogen) atoms. The summed E-state index contributed by atoms with van der Waals surface area (Å²) >= 11 is 0. The number of hydrogen-bond acceptors (Lipinski definition) is 6. The SMILES string of the molecule is CCCCc1[nH]nc2c1C1(CCC3COC1O3)C(C#N)=C(N)O2. The number of H-pyrrole nitrogens is 1. The lowest BCUT2D eigenvalue weighted by Crippen LogP contribution is -2.48. The van der Waals surface area contributed by atoms with Crippen LogP contribution in [0, 0.1) is 11.3 Å². The first-order valence-corrected chi connectivity index (χ1v) is 8.13. The van der Waals surface area contributed by atoms with Gasteiger partial charge in [-0.1, -0.05) is 13.3 Å². The summed E-state index contributed by atoms with van der Waals surface area (Å²) in [6, 6.07) is 2.24. The zero-order chi connectivity index (χ0) is 16.0. The smallest absolute Gasteiger partial charge is 0.244 e. The minimum absolute atomic E-state index is 0.101. The Kier molecular flexibility index (Phi) is 3.32. The number of aryl methyl sites for hydroxylation is 1. The number of aromatic amines is 1. The van der Waals surface area contributed by atoms with Crippen molar-refractivity contribution in [3.05, 3.63) is 22.7 Å². The molecule has 0 saturated carbocycles. The van der Waals surface area contributed by atoms with Gasteiger partial charge in [-0.3, -0.25) is 5.10 Å². The maximum absolute atomic E-state index is 9.73. The predicted octanol–water partition coefficient (Wildman–Crippen LogP) is 1.61. The van der Waals surface area contributed by atoms with Crippen LogP contribution < -0.4 is 10.5 Å². The lowest BCUT2D eigenvalue weighted by molar-refractivity contribution is -0.126. The third kappa shape index (κ3) is 1.92. The van der Waals surface area contributed by atoms with Crippen molar-refractivity contribution >= 4 is 0 Å². The lowest BCUT2D eigenvalue weighted by Gasteiger charge is -2.42. The molecule has 3 atom stereocenters. The second-order valence-electron chi connectivity index (χ2n) is 6.37. The van der Waals surface area contributed by atoms with Gasteiger partial charge in [-0.2, -0.15) is 5.26 Å². The van der Waals surface area contributed by atoms with Crippen molar-refractivity contribution in [1.82, 2.24) is 10.2 Å². The number of nitriles is 1. The minimum atomic E-state index is -0.713. The zero-order valence-corrected chi connectivity index (χ0v) is 13.1. The number of rotatable bonds is 3. The second-order valence-corrected chi connectivity index (χ2v) is 6.37. The van der Waals surface area contributed by atoms with Crippen LogP contribution in [0.15, 0.2) is 11.5 Å². The molecule has 7 nitrogen and oxygen atoms in total. The van der Waals surface area contributed by atoms with Crippen LogP contribution in [0.2, 0.25) is 0 Å². The Labute approximate surface area is 134 Å². The van der Waals surface area contributed by atoms with Gasteiger partial charge >= 0.3 is 0 Å². The van der Waals surface area contributed by atoms with Crippen molar-refractivity contribution in [1.29, 1.82) is 5.26 Å². The number of nitrogens with one attached hydrogen (secondary N) is 1. The van der Waals surface area contributed by atoms with E-state index in [2.05, 4.69) is 23.2 Å². The van der Waals surface area contributed by atoms with Crippen LogP contribution in [0.1, 0.15) is 43.9 Å². The van der Waals surface area contributed by atoms with Gasteiger partial charge < -0.3 is 19.9 Å². The van der Waals surface area contributed by atoms with Crippen molar-refractivity contribution in [3.8, 4) is 11.9 Å². The number of nitrogens with zero attached hydrogens (tertiary/aromatic N) is 2. The van der Waals surface area contributed by atoms with E-state index < -0.39 is 11.7 Å². The Balaban J connectivity index is 1.89. The standard InChI is InChI=1S/C16H20N4O3/c1-2-3-4-11-12-14(20-19-11)23-13(18)10(7-17)16(12)6-5-9-8-21-15(16)22-9/h9,15H,2-6,8,18H2,1H3,(H,19,20). The highest BCUT2D eigenvalue weighted by atomic mass is 16.7. The number of ether oxygens (including phenoxy) is 3. The Morgan fingerprint density at radius 2 is 2.39 bits per heavy atom. The maximum Gasteiger partial charge on any atom is 0.244 e. The topological polar surface area (TPSA) is 106 Å². The van der Waals surface area contributed by atoms with Crippen molar-refractivity contribution in [2.75, 3.05) is 6.61 Å². The average Bonchev–Trinajstić information content (AvgIpc) is 3.14. The molecule has 0 amide bonds. The summed E-state index contributed by atoms with van der Waals surface area (Å²) in [6.07, 6.45) is 4.12. The summed E-state index contributed by atoms with van der Waals surface area (Å²) in [5.41, 5.74) is 7.58. The molecular weight excluding hydrogens is 296 g/mol. The zero-order valence-electron chi connectivity index (χ0n) is 13.1. The summed E-state index contributed by atoms with van der Waals surface area (Å²) in [7, 11) is 0. The van der Waals surface area contributed by atoms with Crippen LogP contribution in [-0.2, 0) is 21.3 Å². The van der Waals surface area contributed by atoms with Crippen molar-refractivity contribution in [2.45, 2.75) is 56.8 Å². The molecule has 3 unspecified atom stereocenters. The first kappa shape index (κ1) is 14.5. The summed E-state index contributed by atoms with van der Waals surface area (Å²) in [5, 5.41) is 17.1. The number of aromatic nitrogens is 2. The number of fused-ring (bicyclic) bond motifs is 5. The Morgan fingerprint density at radius 3 is 3.17 bits per heavy atom. The first-order chi connectivity index (χ1) is 11.2. The molecule has 1 spiro atoms. The minimum Gasteiger partial charge on any atom is -0.420 e. The summed E-state index contributed by atoms with van der Waals surface area (Å²) in [4.78, 5) is 0. The maximum atomic E-state index is 9.73. The lowest BCUT2D eigenvalue weighted by atomic mass is 9.68. The monoisotopic (exact) mass is 316 g/mol. The summed E-state index contributed by atoms with van der Waals surface area (Å²) in [5.74, 6) is 0.552. The van der Waals surface area contributed by atoms with Gasteiger partial charge in [-0.05, 0) is 25.7 Å². The molecule has 122 valence electrons. The van der Waals surface area contributed by atoms with E-state index in [0.717, 1.165) is 43.4 Å². The fraction of sp³-hybridized carbons (Fsp3) is 0.625. The van der Waals surface area contributed by atoms with Gasteiger partial charge in [0.1, 0.15) is 11.6 Å². The highest BCUT2D eigenvalue weighted by Crippen LogP contribution is 2.54. The van der Waals surface area contributed by atoms with Crippen LogP contribution in [0.3, 0.4) is 0 Å². The van der Waals surface area contributed by atoms with Crippen molar-refractivity contribution in [3.63, 3.8) is 0 Å². The molecule has 1 aromatic heterocycles. The Hall–Kier alpha value is -2.04. The van der Waals surface area contributed by atoms with Crippen LogP contribution in [0.25, 0.3) is 0 Å². The van der Waals surface area contributed by atoms with Crippen LogP contribution in [-0.4, -0.2) is 29.2 Å². The van der Waals surface area contributed by atoms with E-state index in [4.69, 9.17) is 19.9 Å². The molecule has 2 bridgehead atoms. The van der Waals surface area contributed by atoms with Gasteiger partial charge in [-0.25, -0.2) is 0 Å². The Morgan fingerprint density at radius 1 is 1.52 bits per heavy atom. The van der Waals surface area contributed by atoms with Gasteiger partial charge in [0.15, 0.2) is 6.29 Å². The van der Waals surface area contributed by atoms with E-state index in [9.17, 15) is 5.26 Å². The summed E-state index contributed by atoms with van der Waals surface area (Å²) in [6.45, 7) is 2.70. The number of hydrogen-bond donors (Lipinski definition) is 2. The highest BCUT2D eigenvalue weighted by molar-refractivity contribution is 5.55. The average molecular weight is 316 g/mol. The van der Waals surface area contributed by atoms with Gasteiger partial charge in [-0.15, -0.1) is 5.10 Å². The molecule has 2 fully saturated rings. The predicted molar refractivity (Wildman–Crippen MR) is 80.2 cm³/mol. The fourth-order valence-corrected chi connectivity index (χ4v) is 3.93. The van der Waals surface area contributed by atoms with E-state index in [1.54, 1.807) is 0 Å². The van der Waals surface area contributed by atoms with Crippen LogP contribution in [0.4, 0.5) is 0 Å². The molecule has 1 aromatic rings. The molecular formula is C16H20N4O3. The van der Waals surface area contributed by atoms with Crippen LogP contribution in [0.5, 0.6) is 5.88 Å². The van der Waals surface area contributed by atoms with E-state index >= 15 is 0 Å². The first-order valence-electron chi connectivity index (χ1n) is 8.13. The van der Waals surface area contributed by atoms with Gasteiger partial charge in [0.25, 0.3) is 0 Å².